The molecule has 2 saturated heterocycles. The lowest BCUT2D eigenvalue weighted by molar-refractivity contribution is -0.143. The zero-order valence-corrected chi connectivity index (χ0v) is 34.2. The van der Waals surface area contributed by atoms with Crippen molar-refractivity contribution in [2.75, 3.05) is 24.6 Å². The second kappa shape index (κ2) is 21.2. The van der Waals surface area contributed by atoms with Gasteiger partial charge in [0.15, 0.2) is 0 Å². The van der Waals surface area contributed by atoms with Gasteiger partial charge in [0.05, 0.1) is 6.42 Å². The van der Waals surface area contributed by atoms with Crippen molar-refractivity contribution in [3.8, 4) is 5.75 Å². The molecule has 1 aromatic carbocycles. The van der Waals surface area contributed by atoms with Crippen LogP contribution in [0, 0.1) is 11.8 Å². The van der Waals surface area contributed by atoms with E-state index in [1.807, 2.05) is 0 Å². The Morgan fingerprint density at radius 3 is 2.07 bits per heavy atom. The molecule has 0 spiro atoms. The molecule has 0 bridgehead atoms. The van der Waals surface area contributed by atoms with Crippen molar-refractivity contribution in [2.45, 2.75) is 96.6 Å². The summed E-state index contributed by atoms with van der Waals surface area (Å²) in [5.41, 5.74) is 5.85. The minimum Gasteiger partial charge on any atom is -0.404 e. The van der Waals surface area contributed by atoms with Gasteiger partial charge in [-0.05, 0) is 42.4 Å². The monoisotopic (exact) mass is 840 g/mol. The van der Waals surface area contributed by atoms with Gasteiger partial charge in [-0.15, -0.1) is 0 Å². The lowest BCUT2D eigenvalue weighted by Crippen LogP contribution is -2.61. The van der Waals surface area contributed by atoms with Crippen molar-refractivity contribution in [1.29, 1.82) is 0 Å². The number of primary amides is 1. The molecule has 2 aliphatic heterocycles. The van der Waals surface area contributed by atoms with Crippen molar-refractivity contribution >= 4 is 66.8 Å². The molecule has 8 amide bonds. The molecule has 2 fully saturated rings. The van der Waals surface area contributed by atoms with Gasteiger partial charge >= 0.3 is 7.82 Å². The highest BCUT2D eigenvalue weighted by Gasteiger charge is 2.40. The Bertz CT molecular complexity index is 1710. The van der Waals surface area contributed by atoms with Crippen LogP contribution in [0.3, 0.4) is 0 Å². The Labute approximate surface area is 334 Å². The van der Waals surface area contributed by atoms with E-state index in [-0.39, 0.29) is 31.0 Å². The van der Waals surface area contributed by atoms with E-state index in [4.69, 9.17) is 15.5 Å². The van der Waals surface area contributed by atoms with Crippen LogP contribution in [0.25, 0.3) is 0 Å². The summed E-state index contributed by atoms with van der Waals surface area (Å²) in [5, 5.41) is 15.7. The number of hydrogen-bond acceptors (Lipinski definition) is 11. The van der Waals surface area contributed by atoms with Gasteiger partial charge in [0.25, 0.3) is 0 Å². The quantitative estimate of drug-likeness (QED) is 0.124. The molecular formula is C35H53N8O12PS. The zero-order chi connectivity index (χ0) is 42.6. The summed E-state index contributed by atoms with van der Waals surface area (Å²) in [5.74, 6) is -6.74. The van der Waals surface area contributed by atoms with Crippen LogP contribution in [-0.2, 0) is 49.3 Å². The van der Waals surface area contributed by atoms with Crippen LogP contribution in [0.1, 0.15) is 59.4 Å². The largest absolute Gasteiger partial charge is 0.524 e. The smallest absolute Gasteiger partial charge is 0.404 e. The number of phosphoric acid groups is 1. The van der Waals surface area contributed by atoms with E-state index in [1.54, 1.807) is 27.7 Å². The molecule has 0 aliphatic carbocycles. The third-order valence-corrected chi connectivity index (χ3v) is 10.6. The standard InChI is InChI=1S/C35H53N8O12PS/c1-18(2)28-34(50)40-24(16-27(36)45)31(47)42-29(19(3)4)35(51)43-13-6-7-26(43)33(49)37-12-14-57-17-25(38-20(5)44)32(48)39-23(30(46)41-28)15-21-8-10-22(11-9-21)55-56(52,53)54/h8-11,18-19,23-26,28-29H,6-7,12-17H2,1-5H3,(H2,36,45)(H,37,49)(H,38,44)(H,39,48)(H,40,50)(H,41,46)(H,42,47)(H2,52,53,54)/t23-,24-,25+,26-,28-,29-/m0/s1. The second-order valence-corrected chi connectivity index (χ2v) is 16.8. The summed E-state index contributed by atoms with van der Waals surface area (Å²) in [6, 6.07) is -2.12. The first-order valence-electron chi connectivity index (χ1n) is 18.4. The highest BCUT2D eigenvalue weighted by molar-refractivity contribution is 7.99. The van der Waals surface area contributed by atoms with Crippen molar-refractivity contribution < 1.29 is 57.2 Å². The van der Waals surface area contributed by atoms with E-state index < -0.39 is 110 Å². The molecule has 22 heteroatoms. The SMILES string of the molecule is CC(=O)N[C@@H]1CSCCNC(=O)[C@@H]2CCCN2C(=O)[C@H](C(C)C)NC(=O)[C@H](CC(N)=O)NC(=O)[C@H](C(C)C)NC(=O)[C@H](Cc2ccc(OP(=O)(O)O)cc2)NC1=O. The maximum Gasteiger partial charge on any atom is 0.524 e. The van der Waals surface area contributed by atoms with E-state index in [9.17, 15) is 42.9 Å². The highest BCUT2D eigenvalue weighted by atomic mass is 32.2. The number of benzene rings is 1. The van der Waals surface area contributed by atoms with Crippen LogP contribution in [0.2, 0.25) is 0 Å². The molecule has 316 valence electrons. The van der Waals surface area contributed by atoms with Gasteiger partial charge in [-0.25, -0.2) is 4.57 Å². The predicted octanol–water partition coefficient (Wildman–Crippen LogP) is -1.81. The molecule has 0 unspecified atom stereocenters. The van der Waals surface area contributed by atoms with Crippen molar-refractivity contribution in [2.24, 2.45) is 17.6 Å². The normalized spacial score (nSPS) is 25.2. The fraction of sp³-hybridized carbons (Fsp3) is 0.600. The van der Waals surface area contributed by atoms with E-state index in [0.29, 0.717) is 24.2 Å². The average Bonchev–Trinajstić information content (AvgIpc) is 3.60. The number of carbonyl (C=O) groups is 8. The molecule has 1 aromatic rings. The molecule has 6 atom stereocenters. The Balaban J connectivity index is 2.02. The van der Waals surface area contributed by atoms with Gasteiger partial charge in [0, 0.05) is 37.9 Å². The number of nitrogens with one attached hydrogen (secondary N) is 6. The van der Waals surface area contributed by atoms with E-state index >= 15 is 0 Å². The average molecular weight is 841 g/mol. The number of nitrogens with two attached hydrogens (primary N) is 1. The summed E-state index contributed by atoms with van der Waals surface area (Å²) in [6.45, 7) is 8.20. The fourth-order valence-corrected chi connectivity index (χ4v) is 7.52. The third-order valence-electron chi connectivity index (χ3n) is 9.10. The molecule has 57 heavy (non-hydrogen) atoms. The first kappa shape index (κ1) is 46.7. The van der Waals surface area contributed by atoms with Crippen LogP contribution in [0.5, 0.6) is 5.75 Å². The number of phosphoric ester groups is 1. The molecule has 3 rings (SSSR count). The number of hydrogen-bond donors (Lipinski definition) is 9. The number of amides is 8. The van der Waals surface area contributed by atoms with Crippen molar-refractivity contribution in [1.82, 2.24) is 36.8 Å². The van der Waals surface area contributed by atoms with E-state index in [2.05, 4.69) is 36.4 Å². The van der Waals surface area contributed by atoms with Crippen LogP contribution >= 0.6 is 19.6 Å². The predicted molar refractivity (Wildman–Crippen MR) is 207 cm³/mol. The Hall–Kier alpha value is -4.72. The molecule has 2 heterocycles. The second-order valence-electron chi connectivity index (χ2n) is 14.5. The van der Waals surface area contributed by atoms with E-state index in [0.717, 1.165) is 0 Å². The summed E-state index contributed by atoms with van der Waals surface area (Å²) in [7, 11) is -4.87. The molecule has 2 aliphatic rings. The topological polar surface area (TPSA) is 305 Å². The van der Waals surface area contributed by atoms with Gasteiger partial charge in [-0.3, -0.25) is 48.1 Å². The summed E-state index contributed by atoms with van der Waals surface area (Å²) >= 11 is 1.23. The van der Waals surface area contributed by atoms with Gasteiger partial charge in [0.1, 0.15) is 42.0 Å². The van der Waals surface area contributed by atoms with Crippen LogP contribution in [0.15, 0.2) is 24.3 Å². The van der Waals surface area contributed by atoms with E-state index in [1.165, 1.54) is 47.9 Å². The number of thioether (sulfide) groups is 1. The Kier molecular flexibility index (Phi) is 17.3. The minimum atomic E-state index is -4.87. The molecule has 0 radical (unpaired) electrons. The minimum absolute atomic E-state index is 0.0338. The maximum atomic E-state index is 14.0. The molecule has 20 nitrogen and oxygen atoms in total. The third kappa shape index (κ3) is 14.6. The lowest BCUT2D eigenvalue weighted by Gasteiger charge is -2.32. The molecular weight excluding hydrogens is 787 g/mol. The van der Waals surface area contributed by atoms with Crippen LogP contribution in [0.4, 0.5) is 0 Å². The lowest BCUT2D eigenvalue weighted by atomic mass is 9.99. The first-order chi connectivity index (χ1) is 26.7. The number of rotatable bonds is 9. The molecule has 0 aromatic heterocycles. The number of fused-ring (bicyclic) bond motifs is 1. The van der Waals surface area contributed by atoms with Gasteiger partial charge in [-0.1, -0.05) is 39.8 Å². The first-order valence-corrected chi connectivity index (χ1v) is 21.1. The molecule has 10 N–H and O–H groups in total. The summed E-state index contributed by atoms with van der Waals surface area (Å²) in [6.07, 6.45) is 0.0446. The Morgan fingerprint density at radius 2 is 1.49 bits per heavy atom. The summed E-state index contributed by atoms with van der Waals surface area (Å²) in [4.78, 5) is 126. The van der Waals surface area contributed by atoms with Crippen LogP contribution < -0.4 is 42.2 Å². The highest BCUT2D eigenvalue weighted by Crippen LogP contribution is 2.37. The van der Waals surface area contributed by atoms with Gasteiger partial charge < -0.3 is 47.1 Å². The maximum absolute atomic E-state index is 14.0. The molecule has 0 saturated carbocycles. The summed E-state index contributed by atoms with van der Waals surface area (Å²) < 4.78 is 15.9. The number of carbonyl (C=O) groups excluding carboxylic acids is 8. The van der Waals surface area contributed by atoms with Gasteiger partial charge in [0.2, 0.25) is 47.3 Å². The van der Waals surface area contributed by atoms with Crippen LogP contribution in [-0.4, -0.2) is 123 Å². The Morgan fingerprint density at radius 1 is 0.895 bits per heavy atom. The van der Waals surface area contributed by atoms with Crippen molar-refractivity contribution in [3.05, 3.63) is 29.8 Å². The fourth-order valence-electron chi connectivity index (χ4n) is 6.24. The van der Waals surface area contributed by atoms with Crippen molar-refractivity contribution in [3.63, 3.8) is 0 Å². The van der Waals surface area contributed by atoms with Gasteiger partial charge in [-0.2, -0.15) is 11.8 Å². The number of nitrogens with zero attached hydrogens (tertiary/aromatic N) is 1. The zero-order valence-electron chi connectivity index (χ0n) is 32.4.